The van der Waals surface area contributed by atoms with Gasteiger partial charge in [0.2, 0.25) is 0 Å². The highest BCUT2D eigenvalue weighted by atomic mass is 35.5. The molecule has 1 fully saturated rings. The van der Waals surface area contributed by atoms with Crippen molar-refractivity contribution in [3.8, 4) is 0 Å². The summed E-state index contributed by atoms with van der Waals surface area (Å²) in [5, 5.41) is 4.64. The molecule has 21 heavy (non-hydrogen) atoms. The van der Waals surface area contributed by atoms with E-state index < -0.39 is 0 Å². The molecule has 0 amide bonds. The molecule has 4 nitrogen and oxygen atoms in total. The monoisotopic (exact) mass is 308 g/mol. The van der Waals surface area contributed by atoms with Gasteiger partial charge in [0.25, 0.3) is 0 Å². The highest BCUT2D eigenvalue weighted by molar-refractivity contribution is 6.17. The standard InChI is InChI=1S/C16H25ClN4/c1-4-13-15-16(20(3)19-13)21(14(18-15)9-10-17)12-7-5-11(2)6-8-12/h11-12H,4-10H2,1-3H3. The molecule has 0 radical (unpaired) electrons. The second-order valence-electron chi connectivity index (χ2n) is 6.35. The van der Waals surface area contributed by atoms with Gasteiger partial charge >= 0.3 is 0 Å². The Labute approximate surface area is 131 Å². The molecule has 2 aromatic heterocycles. The van der Waals surface area contributed by atoms with Crippen molar-refractivity contribution in [1.82, 2.24) is 19.3 Å². The van der Waals surface area contributed by atoms with Crippen LogP contribution in [0.3, 0.4) is 0 Å². The van der Waals surface area contributed by atoms with E-state index in [1.165, 1.54) is 31.3 Å². The molecule has 0 N–H and O–H groups in total. The van der Waals surface area contributed by atoms with Crippen LogP contribution in [0.4, 0.5) is 0 Å². The van der Waals surface area contributed by atoms with E-state index >= 15 is 0 Å². The second-order valence-corrected chi connectivity index (χ2v) is 6.72. The number of aryl methyl sites for hydroxylation is 3. The molecule has 0 aliphatic heterocycles. The van der Waals surface area contributed by atoms with Crippen molar-refractivity contribution in [2.75, 3.05) is 5.88 Å². The van der Waals surface area contributed by atoms with Gasteiger partial charge in [-0.3, -0.25) is 4.68 Å². The van der Waals surface area contributed by atoms with Crippen LogP contribution in [-0.2, 0) is 19.9 Å². The zero-order valence-electron chi connectivity index (χ0n) is 13.3. The molecule has 0 atom stereocenters. The number of rotatable bonds is 4. The molecule has 0 unspecified atom stereocenters. The third-order valence-electron chi connectivity index (χ3n) is 4.81. The van der Waals surface area contributed by atoms with Crippen LogP contribution in [0.1, 0.15) is 57.1 Å². The van der Waals surface area contributed by atoms with Gasteiger partial charge in [-0.2, -0.15) is 5.10 Å². The Morgan fingerprint density at radius 3 is 2.57 bits per heavy atom. The normalized spacial score (nSPS) is 23.0. The zero-order valence-corrected chi connectivity index (χ0v) is 14.0. The molecule has 2 heterocycles. The Balaban J connectivity index is 2.09. The maximum absolute atomic E-state index is 6.00. The maximum atomic E-state index is 6.00. The number of halogens is 1. The van der Waals surface area contributed by atoms with Crippen LogP contribution < -0.4 is 0 Å². The fraction of sp³-hybridized carbons (Fsp3) is 0.750. The first-order chi connectivity index (χ1) is 10.2. The molecule has 0 aromatic carbocycles. The lowest BCUT2D eigenvalue weighted by Gasteiger charge is -2.28. The summed E-state index contributed by atoms with van der Waals surface area (Å²) in [5.41, 5.74) is 3.37. The van der Waals surface area contributed by atoms with Crippen LogP contribution in [0.15, 0.2) is 0 Å². The topological polar surface area (TPSA) is 35.6 Å². The summed E-state index contributed by atoms with van der Waals surface area (Å²) >= 11 is 6.00. The lowest BCUT2D eigenvalue weighted by molar-refractivity contribution is 0.288. The van der Waals surface area contributed by atoms with Crippen LogP contribution in [0.2, 0.25) is 0 Å². The lowest BCUT2D eigenvalue weighted by atomic mass is 9.87. The molecule has 0 spiro atoms. The minimum atomic E-state index is 0.560. The minimum Gasteiger partial charge on any atom is -0.310 e. The minimum absolute atomic E-state index is 0.560. The van der Waals surface area contributed by atoms with E-state index in [4.69, 9.17) is 16.6 Å². The summed E-state index contributed by atoms with van der Waals surface area (Å²) in [4.78, 5) is 4.88. The largest absolute Gasteiger partial charge is 0.310 e. The molecule has 5 heteroatoms. The second kappa shape index (κ2) is 5.99. The molecule has 116 valence electrons. The third-order valence-corrected chi connectivity index (χ3v) is 5.00. The number of imidazole rings is 1. The van der Waals surface area contributed by atoms with E-state index in [9.17, 15) is 0 Å². The molecule has 1 aliphatic rings. The van der Waals surface area contributed by atoms with Crippen LogP contribution in [0.25, 0.3) is 11.2 Å². The number of alkyl halides is 1. The van der Waals surface area contributed by atoms with Crippen LogP contribution in [0.5, 0.6) is 0 Å². The number of hydrogen-bond donors (Lipinski definition) is 0. The predicted octanol–water partition coefficient (Wildman–Crippen LogP) is 3.86. The van der Waals surface area contributed by atoms with E-state index in [-0.39, 0.29) is 0 Å². The van der Waals surface area contributed by atoms with Gasteiger partial charge in [0.1, 0.15) is 11.3 Å². The Morgan fingerprint density at radius 1 is 1.24 bits per heavy atom. The Kier molecular flexibility index (Phi) is 4.25. The SMILES string of the molecule is CCc1nn(C)c2c1nc(CCCl)n2C1CCC(C)CC1. The van der Waals surface area contributed by atoms with E-state index in [2.05, 4.69) is 23.5 Å². The van der Waals surface area contributed by atoms with Gasteiger partial charge < -0.3 is 4.57 Å². The Hall–Kier alpha value is -1.03. The van der Waals surface area contributed by atoms with E-state index in [1.54, 1.807) is 0 Å². The van der Waals surface area contributed by atoms with Gasteiger partial charge in [-0.05, 0) is 38.0 Å². The van der Waals surface area contributed by atoms with E-state index in [0.717, 1.165) is 35.8 Å². The molecule has 0 bridgehead atoms. The number of nitrogens with zero attached hydrogens (tertiary/aromatic N) is 4. The van der Waals surface area contributed by atoms with E-state index in [1.807, 2.05) is 11.7 Å². The first-order valence-corrected chi connectivity index (χ1v) is 8.67. The quantitative estimate of drug-likeness (QED) is 0.804. The van der Waals surface area contributed by atoms with Crippen LogP contribution in [0, 0.1) is 5.92 Å². The average Bonchev–Trinajstić information content (AvgIpc) is 2.98. The van der Waals surface area contributed by atoms with Crippen LogP contribution in [-0.4, -0.2) is 25.2 Å². The van der Waals surface area contributed by atoms with Gasteiger partial charge in [0.15, 0.2) is 5.65 Å². The lowest BCUT2D eigenvalue weighted by Crippen LogP contribution is -2.20. The van der Waals surface area contributed by atoms with Crippen LogP contribution >= 0.6 is 11.6 Å². The van der Waals surface area contributed by atoms with Crippen molar-refractivity contribution in [1.29, 1.82) is 0 Å². The summed E-state index contributed by atoms with van der Waals surface area (Å²) in [6.07, 6.45) is 6.87. The summed E-state index contributed by atoms with van der Waals surface area (Å²) in [6, 6.07) is 0.560. The summed E-state index contributed by atoms with van der Waals surface area (Å²) in [7, 11) is 2.04. The highest BCUT2D eigenvalue weighted by Gasteiger charge is 2.26. The predicted molar refractivity (Wildman–Crippen MR) is 87.0 cm³/mol. The number of hydrogen-bond acceptors (Lipinski definition) is 2. The van der Waals surface area contributed by atoms with Gasteiger partial charge in [-0.1, -0.05) is 13.8 Å². The van der Waals surface area contributed by atoms with Crippen molar-refractivity contribution in [3.05, 3.63) is 11.5 Å². The van der Waals surface area contributed by atoms with Crippen molar-refractivity contribution in [2.45, 2.75) is 58.4 Å². The molecule has 1 saturated carbocycles. The fourth-order valence-electron chi connectivity index (χ4n) is 3.63. The summed E-state index contributed by atoms with van der Waals surface area (Å²) in [5.74, 6) is 2.62. The van der Waals surface area contributed by atoms with Gasteiger partial charge in [-0.25, -0.2) is 4.98 Å². The summed E-state index contributed by atoms with van der Waals surface area (Å²) < 4.78 is 4.45. The molecule has 3 rings (SSSR count). The zero-order chi connectivity index (χ0) is 15.0. The summed E-state index contributed by atoms with van der Waals surface area (Å²) in [6.45, 7) is 4.50. The van der Waals surface area contributed by atoms with Crippen molar-refractivity contribution in [3.63, 3.8) is 0 Å². The highest BCUT2D eigenvalue weighted by Crippen LogP contribution is 2.35. The number of aromatic nitrogens is 4. The Morgan fingerprint density at radius 2 is 1.95 bits per heavy atom. The first-order valence-electron chi connectivity index (χ1n) is 8.14. The molecule has 1 aliphatic carbocycles. The fourth-order valence-corrected chi connectivity index (χ4v) is 3.80. The molecular formula is C16H25ClN4. The number of fused-ring (bicyclic) bond motifs is 1. The maximum Gasteiger partial charge on any atom is 0.158 e. The molecule has 2 aromatic rings. The van der Waals surface area contributed by atoms with Gasteiger partial charge in [0, 0.05) is 25.4 Å². The average molecular weight is 309 g/mol. The molecule has 0 saturated heterocycles. The molecular weight excluding hydrogens is 284 g/mol. The van der Waals surface area contributed by atoms with Gasteiger partial charge in [0.05, 0.1) is 5.69 Å². The van der Waals surface area contributed by atoms with Gasteiger partial charge in [-0.15, -0.1) is 11.6 Å². The van der Waals surface area contributed by atoms with Crippen molar-refractivity contribution < 1.29 is 0 Å². The van der Waals surface area contributed by atoms with Crippen molar-refractivity contribution in [2.24, 2.45) is 13.0 Å². The smallest absolute Gasteiger partial charge is 0.158 e. The van der Waals surface area contributed by atoms with Crippen molar-refractivity contribution >= 4 is 22.8 Å². The van der Waals surface area contributed by atoms with E-state index in [0.29, 0.717) is 11.9 Å². The first kappa shape index (κ1) is 14.9. The Bertz CT molecular complexity index is 620. The third kappa shape index (κ3) is 2.59.